The summed E-state index contributed by atoms with van der Waals surface area (Å²) in [5.41, 5.74) is -0.126. The molecule has 2 rings (SSSR count). The first-order valence-electron chi connectivity index (χ1n) is 6.77. The Labute approximate surface area is 121 Å². The predicted octanol–water partition coefficient (Wildman–Crippen LogP) is 1.60. The van der Waals surface area contributed by atoms with E-state index in [0.717, 1.165) is 12.8 Å². The van der Waals surface area contributed by atoms with Crippen molar-refractivity contribution >= 4 is 11.7 Å². The molecule has 1 unspecified atom stereocenters. The molecule has 1 N–H and O–H groups in total. The van der Waals surface area contributed by atoms with Crippen molar-refractivity contribution in [1.82, 2.24) is 15.1 Å². The van der Waals surface area contributed by atoms with E-state index in [1.54, 1.807) is 13.0 Å². The molecule has 0 aliphatic heterocycles. The topological polar surface area (TPSA) is 76.3 Å². The Kier molecular flexibility index (Phi) is 4.62. The Balaban J connectivity index is 2.19. The highest BCUT2D eigenvalue weighted by atomic mass is 19.1. The van der Waals surface area contributed by atoms with Crippen LogP contribution in [0.1, 0.15) is 43.2 Å². The van der Waals surface area contributed by atoms with E-state index in [-0.39, 0.29) is 23.1 Å². The van der Waals surface area contributed by atoms with Crippen LogP contribution in [0.4, 0.5) is 4.39 Å². The molecular formula is C14H17FN4O2. The highest BCUT2D eigenvalue weighted by Crippen LogP contribution is 2.32. The maximum Gasteiger partial charge on any atom is 0.277 e. The summed E-state index contributed by atoms with van der Waals surface area (Å²) in [5.74, 6) is -0.412. The second-order valence-electron chi connectivity index (χ2n) is 4.78. The van der Waals surface area contributed by atoms with Crippen molar-refractivity contribution < 1.29 is 9.18 Å². The van der Waals surface area contributed by atoms with Gasteiger partial charge >= 0.3 is 0 Å². The summed E-state index contributed by atoms with van der Waals surface area (Å²) >= 11 is 0. The Morgan fingerprint density at radius 3 is 2.86 bits per heavy atom. The molecule has 1 aliphatic rings. The zero-order chi connectivity index (χ0) is 15.4. The molecule has 1 atom stereocenters. The zero-order valence-electron chi connectivity index (χ0n) is 11.9. The number of rotatable bonds is 4. The minimum Gasteiger partial charge on any atom is -0.305 e. The number of nitrogens with one attached hydrogen (secondary N) is 1. The average molecular weight is 292 g/mol. The van der Waals surface area contributed by atoms with E-state index in [2.05, 4.69) is 15.4 Å². The molecule has 112 valence electrons. The largest absolute Gasteiger partial charge is 0.305 e. The zero-order valence-corrected chi connectivity index (χ0v) is 11.9. The SMILES string of the molecule is C/C=C\C(=N/C(C)F)NC(=O)c1ccc(=O)n(C2CC2)n1. The lowest BCUT2D eigenvalue weighted by molar-refractivity contribution is 0.0969. The molecule has 0 bridgehead atoms. The number of alkyl halides is 1. The lowest BCUT2D eigenvalue weighted by Gasteiger charge is -2.07. The first-order valence-corrected chi connectivity index (χ1v) is 6.77. The van der Waals surface area contributed by atoms with E-state index in [1.165, 1.54) is 29.8 Å². The second-order valence-corrected chi connectivity index (χ2v) is 4.78. The highest BCUT2D eigenvalue weighted by Gasteiger charge is 2.26. The van der Waals surface area contributed by atoms with Gasteiger partial charge in [-0.3, -0.25) is 9.59 Å². The fourth-order valence-corrected chi connectivity index (χ4v) is 1.77. The van der Waals surface area contributed by atoms with Crippen molar-refractivity contribution in [2.24, 2.45) is 4.99 Å². The van der Waals surface area contributed by atoms with Gasteiger partial charge in [0.05, 0.1) is 6.04 Å². The quantitative estimate of drug-likeness (QED) is 0.520. The van der Waals surface area contributed by atoms with Gasteiger partial charge in [0.1, 0.15) is 11.5 Å². The van der Waals surface area contributed by atoms with Gasteiger partial charge in [-0.25, -0.2) is 14.1 Å². The first-order chi connectivity index (χ1) is 10.0. The Bertz CT molecular complexity index is 645. The summed E-state index contributed by atoms with van der Waals surface area (Å²) in [6.07, 6.45) is 3.49. The van der Waals surface area contributed by atoms with Crippen LogP contribution in [0.3, 0.4) is 0 Å². The number of aliphatic imine (C=N–C) groups is 1. The van der Waals surface area contributed by atoms with Crippen molar-refractivity contribution in [2.45, 2.75) is 39.0 Å². The van der Waals surface area contributed by atoms with Crippen LogP contribution in [-0.4, -0.2) is 27.8 Å². The third kappa shape index (κ3) is 4.08. The van der Waals surface area contributed by atoms with Crippen LogP contribution in [0.15, 0.2) is 34.1 Å². The van der Waals surface area contributed by atoms with Gasteiger partial charge in [0.25, 0.3) is 11.5 Å². The van der Waals surface area contributed by atoms with Crippen molar-refractivity contribution in [3.63, 3.8) is 0 Å². The van der Waals surface area contributed by atoms with E-state index < -0.39 is 12.2 Å². The molecule has 1 fully saturated rings. The van der Waals surface area contributed by atoms with Gasteiger partial charge in [0, 0.05) is 6.07 Å². The molecular weight excluding hydrogens is 275 g/mol. The molecule has 0 spiro atoms. The molecule has 1 heterocycles. The number of amides is 1. The van der Waals surface area contributed by atoms with Crippen molar-refractivity contribution in [3.05, 3.63) is 40.3 Å². The normalized spacial score (nSPS) is 17.0. The van der Waals surface area contributed by atoms with Crippen LogP contribution in [0, 0.1) is 0 Å². The fourth-order valence-electron chi connectivity index (χ4n) is 1.77. The molecule has 0 saturated heterocycles. The first kappa shape index (κ1) is 15.1. The molecule has 21 heavy (non-hydrogen) atoms. The standard InChI is InChI=1S/C14H17FN4O2/c1-3-4-12(16-9(2)15)17-14(21)11-7-8-13(20)19(18-11)10-5-6-10/h3-4,7-10H,5-6H2,1-2H3,(H,16,17,21)/b4-3-. The lowest BCUT2D eigenvalue weighted by Crippen LogP contribution is -2.33. The van der Waals surface area contributed by atoms with Gasteiger partial charge in [-0.1, -0.05) is 6.08 Å². The Morgan fingerprint density at radius 2 is 2.29 bits per heavy atom. The van der Waals surface area contributed by atoms with Gasteiger partial charge < -0.3 is 5.32 Å². The van der Waals surface area contributed by atoms with E-state index >= 15 is 0 Å². The Hall–Kier alpha value is -2.31. The third-order valence-corrected chi connectivity index (χ3v) is 2.83. The molecule has 1 aliphatic carbocycles. The van der Waals surface area contributed by atoms with Crippen LogP contribution >= 0.6 is 0 Å². The van der Waals surface area contributed by atoms with Crippen LogP contribution in [0.25, 0.3) is 0 Å². The van der Waals surface area contributed by atoms with E-state index in [1.807, 2.05) is 0 Å². The van der Waals surface area contributed by atoms with Crippen LogP contribution in [0.2, 0.25) is 0 Å². The number of aromatic nitrogens is 2. The molecule has 1 aromatic heterocycles. The van der Waals surface area contributed by atoms with Crippen molar-refractivity contribution in [3.8, 4) is 0 Å². The van der Waals surface area contributed by atoms with E-state index in [0.29, 0.717) is 0 Å². The summed E-state index contributed by atoms with van der Waals surface area (Å²) in [5, 5.41) is 6.52. The molecule has 0 aromatic carbocycles. The number of amidine groups is 1. The minimum atomic E-state index is -1.43. The summed E-state index contributed by atoms with van der Waals surface area (Å²) in [6, 6.07) is 2.74. The van der Waals surface area contributed by atoms with Gasteiger partial charge in [0.15, 0.2) is 6.30 Å². The minimum absolute atomic E-state index is 0.0831. The molecule has 1 amide bonds. The maximum atomic E-state index is 12.9. The maximum absolute atomic E-state index is 12.9. The third-order valence-electron chi connectivity index (χ3n) is 2.83. The van der Waals surface area contributed by atoms with Crippen molar-refractivity contribution in [1.29, 1.82) is 0 Å². The van der Waals surface area contributed by atoms with Gasteiger partial charge in [-0.15, -0.1) is 0 Å². The average Bonchev–Trinajstić information content (AvgIpc) is 3.23. The molecule has 1 aromatic rings. The summed E-state index contributed by atoms with van der Waals surface area (Å²) in [6.45, 7) is 3.00. The molecule has 0 radical (unpaired) electrons. The predicted molar refractivity (Wildman–Crippen MR) is 77.1 cm³/mol. The number of halogens is 1. The molecule has 6 nitrogen and oxygen atoms in total. The molecule has 1 saturated carbocycles. The van der Waals surface area contributed by atoms with Crippen LogP contribution in [0.5, 0.6) is 0 Å². The highest BCUT2D eigenvalue weighted by molar-refractivity contribution is 6.09. The smallest absolute Gasteiger partial charge is 0.277 e. The van der Waals surface area contributed by atoms with Crippen LogP contribution in [-0.2, 0) is 0 Å². The number of carbonyl (C=O) groups is 1. The number of nitrogens with zero attached hydrogens (tertiary/aromatic N) is 3. The second kappa shape index (κ2) is 6.43. The lowest BCUT2D eigenvalue weighted by atomic mass is 10.3. The number of allylic oxidation sites excluding steroid dienone is 1. The summed E-state index contributed by atoms with van der Waals surface area (Å²) in [7, 11) is 0. The van der Waals surface area contributed by atoms with Crippen LogP contribution < -0.4 is 10.9 Å². The number of carbonyl (C=O) groups excluding carboxylic acids is 1. The fraction of sp³-hybridized carbons (Fsp3) is 0.429. The monoisotopic (exact) mass is 292 g/mol. The van der Waals surface area contributed by atoms with Gasteiger partial charge in [-0.2, -0.15) is 5.10 Å². The summed E-state index contributed by atoms with van der Waals surface area (Å²) in [4.78, 5) is 27.4. The van der Waals surface area contributed by atoms with E-state index in [4.69, 9.17) is 0 Å². The molecule has 7 heteroatoms. The number of hydrogen-bond acceptors (Lipinski definition) is 4. The van der Waals surface area contributed by atoms with Gasteiger partial charge in [0.2, 0.25) is 0 Å². The van der Waals surface area contributed by atoms with Gasteiger partial charge in [-0.05, 0) is 38.8 Å². The van der Waals surface area contributed by atoms with E-state index in [9.17, 15) is 14.0 Å². The number of hydrogen-bond donors (Lipinski definition) is 1. The summed E-state index contributed by atoms with van der Waals surface area (Å²) < 4.78 is 14.2. The van der Waals surface area contributed by atoms with Crippen molar-refractivity contribution in [2.75, 3.05) is 0 Å². The Morgan fingerprint density at radius 1 is 1.57 bits per heavy atom.